The standard InChI is InChI=1S/C23H26ClN3O5/c1-14-3-4-17(10-20(14)24)26-21(29)13-32-19-7-5-18(6-8-19)27-12-16(9-22(27)30)23(31)25-11-15(2)28/h3-8,10,15-16,28H,9,11-13H2,1-2H3,(H,25,31)(H,26,29)/t15-,16+/m1/s1. The van der Waals surface area contributed by atoms with Gasteiger partial charge in [0, 0.05) is 35.9 Å². The smallest absolute Gasteiger partial charge is 0.262 e. The van der Waals surface area contributed by atoms with E-state index < -0.39 is 12.0 Å². The third-order valence-corrected chi connectivity index (χ3v) is 5.45. The maximum Gasteiger partial charge on any atom is 0.262 e. The molecule has 0 spiro atoms. The Morgan fingerprint density at radius 3 is 2.62 bits per heavy atom. The van der Waals surface area contributed by atoms with Gasteiger partial charge < -0.3 is 25.4 Å². The van der Waals surface area contributed by atoms with Crippen LogP contribution < -0.4 is 20.3 Å². The van der Waals surface area contributed by atoms with Crippen molar-refractivity contribution in [2.45, 2.75) is 26.4 Å². The molecule has 0 bridgehead atoms. The minimum Gasteiger partial charge on any atom is -0.484 e. The number of amides is 3. The van der Waals surface area contributed by atoms with Crippen LogP contribution in [0.25, 0.3) is 0 Å². The van der Waals surface area contributed by atoms with Crippen LogP contribution in [0, 0.1) is 12.8 Å². The first-order chi connectivity index (χ1) is 15.2. The number of nitrogens with zero attached hydrogens (tertiary/aromatic N) is 1. The fourth-order valence-electron chi connectivity index (χ4n) is 3.26. The molecule has 0 saturated carbocycles. The van der Waals surface area contributed by atoms with Gasteiger partial charge in [-0.1, -0.05) is 17.7 Å². The lowest BCUT2D eigenvalue weighted by atomic mass is 10.1. The number of anilines is 2. The van der Waals surface area contributed by atoms with Crippen LogP contribution in [-0.2, 0) is 14.4 Å². The van der Waals surface area contributed by atoms with Gasteiger partial charge in [0.05, 0.1) is 12.0 Å². The molecular formula is C23H26ClN3O5. The second kappa shape index (κ2) is 10.5. The fourth-order valence-corrected chi connectivity index (χ4v) is 3.44. The average molecular weight is 460 g/mol. The van der Waals surface area contributed by atoms with Crippen LogP contribution in [0.5, 0.6) is 5.75 Å². The van der Waals surface area contributed by atoms with Gasteiger partial charge in [-0.3, -0.25) is 14.4 Å². The van der Waals surface area contributed by atoms with Crippen LogP contribution in [0.1, 0.15) is 18.9 Å². The van der Waals surface area contributed by atoms with Gasteiger partial charge in [-0.05, 0) is 55.8 Å². The molecule has 0 aromatic heterocycles. The Morgan fingerprint density at radius 1 is 1.25 bits per heavy atom. The summed E-state index contributed by atoms with van der Waals surface area (Å²) in [5.74, 6) is -0.704. The highest BCUT2D eigenvalue weighted by molar-refractivity contribution is 6.31. The van der Waals surface area contributed by atoms with Crippen LogP contribution in [-0.4, -0.2) is 48.6 Å². The van der Waals surface area contributed by atoms with E-state index in [1.54, 1.807) is 48.2 Å². The summed E-state index contributed by atoms with van der Waals surface area (Å²) in [5.41, 5.74) is 2.15. The van der Waals surface area contributed by atoms with Crippen molar-refractivity contribution in [3.05, 3.63) is 53.1 Å². The van der Waals surface area contributed by atoms with E-state index in [1.807, 2.05) is 13.0 Å². The zero-order valence-corrected chi connectivity index (χ0v) is 18.7. The first-order valence-corrected chi connectivity index (χ1v) is 10.7. The Bertz CT molecular complexity index is 994. The van der Waals surface area contributed by atoms with Gasteiger partial charge in [0.1, 0.15) is 5.75 Å². The minimum atomic E-state index is -0.642. The summed E-state index contributed by atoms with van der Waals surface area (Å²) in [6.45, 7) is 3.70. The number of hydrogen-bond donors (Lipinski definition) is 3. The van der Waals surface area contributed by atoms with E-state index in [2.05, 4.69) is 10.6 Å². The maximum atomic E-state index is 12.3. The Morgan fingerprint density at radius 2 is 1.97 bits per heavy atom. The summed E-state index contributed by atoms with van der Waals surface area (Å²) in [5, 5.41) is 15.2. The third-order valence-electron chi connectivity index (χ3n) is 5.04. The summed E-state index contributed by atoms with van der Waals surface area (Å²) in [6.07, 6.45) is -0.524. The quantitative estimate of drug-likeness (QED) is 0.562. The van der Waals surface area contributed by atoms with Crippen LogP contribution in [0.15, 0.2) is 42.5 Å². The Hall–Kier alpha value is -3.10. The Labute approximate surface area is 191 Å². The van der Waals surface area contributed by atoms with Crippen molar-refractivity contribution in [3.8, 4) is 5.75 Å². The van der Waals surface area contributed by atoms with Crippen molar-refractivity contribution in [3.63, 3.8) is 0 Å². The summed E-state index contributed by atoms with van der Waals surface area (Å²) >= 11 is 6.06. The summed E-state index contributed by atoms with van der Waals surface area (Å²) < 4.78 is 5.52. The van der Waals surface area contributed by atoms with Gasteiger partial charge in [0.2, 0.25) is 11.8 Å². The Kier molecular flexibility index (Phi) is 7.71. The first kappa shape index (κ1) is 23.6. The molecular weight excluding hydrogens is 434 g/mol. The molecule has 32 heavy (non-hydrogen) atoms. The number of rotatable bonds is 8. The monoisotopic (exact) mass is 459 g/mol. The number of carbonyl (C=O) groups is 3. The molecule has 1 heterocycles. The van der Waals surface area contributed by atoms with Crippen LogP contribution in [0.4, 0.5) is 11.4 Å². The minimum absolute atomic E-state index is 0.118. The topological polar surface area (TPSA) is 108 Å². The van der Waals surface area contributed by atoms with Gasteiger partial charge in [-0.25, -0.2) is 0 Å². The molecule has 3 rings (SSSR count). The number of aryl methyl sites for hydroxylation is 1. The lowest BCUT2D eigenvalue weighted by Gasteiger charge is -2.17. The molecule has 2 aromatic rings. The molecule has 170 valence electrons. The Balaban J connectivity index is 1.51. The average Bonchev–Trinajstić information content (AvgIpc) is 3.15. The fraction of sp³-hybridized carbons (Fsp3) is 0.348. The number of aliphatic hydroxyl groups is 1. The SMILES string of the molecule is Cc1ccc(NC(=O)COc2ccc(N3C[C@@H](C(=O)NC[C@@H](C)O)CC3=O)cc2)cc1Cl. The van der Waals surface area contributed by atoms with Crippen molar-refractivity contribution in [2.24, 2.45) is 5.92 Å². The number of nitrogens with one attached hydrogen (secondary N) is 2. The van der Waals surface area contributed by atoms with Crippen LogP contribution >= 0.6 is 11.6 Å². The van der Waals surface area contributed by atoms with Gasteiger partial charge >= 0.3 is 0 Å². The zero-order valence-electron chi connectivity index (χ0n) is 17.9. The number of halogens is 1. The molecule has 2 aromatic carbocycles. The molecule has 3 amide bonds. The molecule has 9 heteroatoms. The lowest BCUT2D eigenvalue weighted by molar-refractivity contribution is -0.126. The van der Waals surface area contributed by atoms with E-state index >= 15 is 0 Å². The molecule has 1 aliphatic rings. The van der Waals surface area contributed by atoms with E-state index in [0.29, 0.717) is 22.1 Å². The number of carbonyl (C=O) groups excluding carboxylic acids is 3. The van der Waals surface area contributed by atoms with Gasteiger partial charge in [-0.2, -0.15) is 0 Å². The van der Waals surface area contributed by atoms with Crippen molar-refractivity contribution in [1.29, 1.82) is 0 Å². The second-order valence-corrected chi connectivity index (χ2v) is 8.20. The summed E-state index contributed by atoms with van der Waals surface area (Å²) in [4.78, 5) is 38.2. The van der Waals surface area contributed by atoms with Crippen LogP contribution in [0.3, 0.4) is 0 Å². The number of aliphatic hydroxyl groups excluding tert-OH is 1. The van der Waals surface area contributed by atoms with E-state index in [9.17, 15) is 19.5 Å². The predicted octanol–water partition coefficient (Wildman–Crippen LogP) is 2.52. The van der Waals surface area contributed by atoms with E-state index in [-0.39, 0.29) is 43.8 Å². The summed E-state index contributed by atoms with van der Waals surface area (Å²) in [7, 11) is 0. The molecule has 0 radical (unpaired) electrons. The van der Waals surface area contributed by atoms with Gasteiger partial charge in [-0.15, -0.1) is 0 Å². The molecule has 0 aliphatic carbocycles. The molecule has 2 atom stereocenters. The number of benzene rings is 2. The van der Waals surface area contributed by atoms with E-state index in [0.717, 1.165) is 5.56 Å². The molecule has 8 nitrogen and oxygen atoms in total. The van der Waals surface area contributed by atoms with E-state index in [4.69, 9.17) is 16.3 Å². The normalized spacial score (nSPS) is 16.6. The molecule has 0 unspecified atom stereocenters. The van der Waals surface area contributed by atoms with E-state index in [1.165, 1.54) is 0 Å². The first-order valence-electron chi connectivity index (χ1n) is 10.3. The number of ether oxygens (including phenoxy) is 1. The zero-order chi connectivity index (χ0) is 23.3. The molecule has 1 fully saturated rings. The second-order valence-electron chi connectivity index (χ2n) is 7.79. The largest absolute Gasteiger partial charge is 0.484 e. The van der Waals surface area contributed by atoms with Crippen molar-refractivity contribution in [1.82, 2.24) is 5.32 Å². The number of hydrogen-bond acceptors (Lipinski definition) is 5. The van der Waals surface area contributed by atoms with Gasteiger partial charge in [0.15, 0.2) is 6.61 Å². The van der Waals surface area contributed by atoms with Gasteiger partial charge in [0.25, 0.3) is 5.91 Å². The van der Waals surface area contributed by atoms with Crippen molar-refractivity contribution in [2.75, 3.05) is 29.9 Å². The van der Waals surface area contributed by atoms with Crippen molar-refractivity contribution < 1.29 is 24.2 Å². The molecule has 3 N–H and O–H groups in total. The van der Waals surface area contributed by atoms with Crippen LogP contribution in [0.2, 0.25) is 5.02 Å². The lowest BCUT2D eigenvalue weighted by Crippen LogP contribution is -2.36. The maximum absolute atomic E-state index is 12.3. The van der Waals surface area contributed by atoms with Crippen molar-refractivity contribution >= 4 is 40.7 Å². The molecule has 1 aliphatic heterocycles. The summed E-state index contributed by atoms with van der Waals surface area (Å²) in [6, 6.07) is 12.0. The highest BCUT2D eigenvalue weighted by atomic mass is 35.5. The predicted molar refractivity (Wildman–Crippen MR) is 122 cm³/mol. The molecule has 1 saturated heterocycles. The highest BCUT2D eigenvalue weighted by Gasteiger charge is 2.35. The third kappa shape index (κ3) is 6.21. The highest BCUT2D eigenvalue weighted by Crippen LogP contribution is 2.27.